The van der Waals surface area contributed by atoms with Crippen molar-refractivity contribution in [3.8, 4) is 0 Å². The lowest BCUT2D eigenvalue weighted by Gasteiger charge is -2.14. The molecule has 1 unspecified atom stereocenters. The van der Waals surface area contributed by atoms with Gasteiger partial charge in [-0.15, -0.1) is 11.3 Å². The minimum atomic E-state index is -0.206. The van der Waals surface area contributed by atoms with Gasteiger partial charge in [0.1, 0.15) is 5.82 Å². The Balaban J connectivity index is 1.55. The van der Waals surface area contributed by atoms with E-state index < -0.39 is 0 Å². The Kier molecular flexibility index (Phi) is 4.57. The van der Waals surface area contributed by atoms with Crippen molar-refractivity contribution in [1.82, 2.24) is 5.32 Å². The highest BCUT2D eigenvalue weighted by Gasteiger charge is 2.26. The number of amides is 1. The van der Waals surface area contributed by atoms with Crippen molar-refractivity contribution in [2.24, 2.45) is 0 Å². The molecule has 1 heterocycles. The maximum Gasteiger partial charge on any atom is 0.220 e. The number of ketones is 1. The van der Waals surface area contributed by atoms with Crippen LogP contribution < -0.4 is 5.32 Å². The Morgan fingerprint density at radius 1 is 1.26 bits per heavy atom. The first-order chi connectivity index (χ1) is 11.0. The van der Waals surface area contributed by atoms with Gasteiger partial charge in [0.15, 0.2) is 5.78 Å². The Bertz CT molecular complexity index is 753. The van der Waals surface area contributed by atoms with Gasteiger partial charge in [-0.1, -0.05) is 12.1 Å². The van der Waals surface area contributed by atoms with Gasteiger partial charge < -0.3 is 5.32 Å². The second kappa shape index (κ2) is 6.62. The van der Waals surface area contributed by atoms with Crippen LogP contribution in [0.5, 0.6) is 0 Å². The third-order valence-corrected chi connectivity index (χ3v) is 5.18. The number of carbonyl (C=O) groups is 2. The van der Waals surface area contributed by atoms with Crippen molar-refractivity contribution in [2.45, 2.75) is 38.6 Å². The van der Waals surface area contributed by atoms with Gasteiger partial charge in [0, 0.05) is 17.7 Å². The lowest BCUT2D eigenvalue weighted by Crippen LogP contribution is -2.27. The third kappa shape index (κ3) is 3.50. The largest absolute Gasteiger partial charge is 0.349 e. The molecule has 1 atom stereocenters. The van der Waals surface area contributed by atoms with Crippen molar-refractivity contribution >= 4 is 23.0 Å². The van der Waals surface area contributed by atoms with Crippen molar-refractivity contribution in [3.63, 3.8) is 0 Å². The minimum absolute atomic E-state index is 0.00360. The molecule has 120 valence electrons. The fourth-order valence-electron chi connectivity index (χ4n) is 2.96. The number of Topliss-reactive ketones (excluding diaryl/α,β-unsaturated/α-hetero) is 1. The van der Waals surface area contributed by atoms with Crippen LogP contribution >= 0.6 is 11.3 Å². The summed E-state index contributed by atoms with van der Waals surface area (Å²) in [6.45, 7) is 1.95. The van der Waals surface area contributed by atoms with E-state index in [-0.39, 0.29) is 36.4 Å². The van der Waals surface area contributed by atoms with E-state index in [9.17, 15) is 14.0 Å². The summed E-state index contributed by atoms with van der Waals surface area (Å²) in [5.41, 5.74) is 1.56. The number of nitrogens with one attached hydrogen (secondary N) is 1. The highest BCUT2D eigenvalue weighted by atomic mass is 32.1. The lowest BCUT2D eigenvalue weighted by atomic mass is 10.1. The van der Waals surface area contributed by atoms with Crippen molar-refractivity contribution < 1.29 is 14.0 Å². The number of hydrogen-bond donors (Lipinski definition) is 1. The smallest absolute Gasteiger partial charge is 0.220 e. The molecule has 2 aromatic rings. The minimum Gasteiger partial charge on any atom is -0.349 e. The predicted molar refractivity (Wildman–Crippen MR) is 88.2 cm³/mol. The molecular formula is C18H18FNO2S. The van der Waals surface area contributed by atoms with Crippen LogP contribution in [0, 0.1) is 12.7 Å². The number of carbonyl (C=O) groups excluding carboxylic acids is 2. The fraction of sp³-hybridized carbons (Fsp3) is 0.333. The highest BCUT2D eigenvalue weighted by molar-refractivity contribution is 7.14. The van der Waals surface area contributed by atoms with Gasteiger partial charge in [0.25, 0.3) is 0 Å². The molecule has 1 aliphatic carbocycles. The van der Waals surface area contributed by atoms with Crippen LogP contribution in [0.25, 0.3) is 0 Å². The van der Waals surface area contributed by atoms with E-state index in [1.807, 2.05) is 19.1 Å². The van der Waals surface area contributed by atoms with Crippen LogP contribution in [0.2, 0.25) is 0 Å². The molecule has 0 aliphatic heterocycles. The molecule has 1 aliphatic rings. The number of rotatable bonds is 5. The van der Waals surface area contributed by atoms with Gasteiger partial charge in [-0.2, -0.15) is 0 Å². The molecule has 0 saturated heterocycles. The normalized spacial score (nSPS) is 16.2. The predicted octanol–water partition coefficient (Wildman–Crippen LogP) is 3.96. The highest BCUT2D eigenvalue weighted by Crippen LogP contribution is 2.32. The maximum absolute atomic E-state index is 13.7. The van der Waals surface area contributed by atoms with Gasteiger partial charge in [0.05, 0.1) is 10.9 Å². The number of fused-ring (bicyclic) bond motifs is 1. The summed E-state index contributed by atoms with van der Waals surface area (Å²) in [7, 11) is 0. The van der Waals surface area contributed by atoms with Crippen LogP contribution in [0.3, 0.4) is 0 Å². The van der Waals surface area contributed by atoms with E-state index in [4.69, 9.17) is 0 Å². The third-order valence-electron chi connectivity index (χ3n) is 4.14. The zero-order valence-corrected chi connectivity index (χ0v) is 13.7. The van der Waals surface area contributed by atoms with Gasteiger partial charge in [-0.3, -0.25) is 9.59 Å². The fourth-order valence-corrected chi connectivity index (χ4v) is 3.80. The summed E-state index contributed by atoms with van der Waals surface area (Å²) < 4.78 is 13.7. The second-order valence-electron chi connectivity index (χ2n) is 5.80. The quantitative estimate of drug-likeness (QED) is 0.843. The first-order valence-electron chi connectivity index (χ1n) is 7.71. The standard InChI is InChI=1S/C18H18FNO2S/c1-11-5-9-17(23-11)16(21)8-10-18(22)20-15-7-6-12-13(15)3-2-4-14(12)19/h2-5,9,15H,6-8,10H2,1H3,(H,20,22). The Morgan fingerprint density at radius 2 is 2.09 bits per heavy atom. The lowest BCUT2D eigenvalue weighted by molar-refractivity contribution is -0.121. The molecule has 1 aromatic heterocycles. The van der Waals surface area contributed by atoms with E-state index in [0.29, 0.717) is 23.3 Å². The SMILES string of the molecule is Cc1ccc(C(=O)CCC(=O)NC2CCc3c(F)cccc32)s1. The first-order valence-corrected chi connectivity index (χ1v) is 8.52. The van der Waals surface area contributed by atoms with E-state index in [2.05, 4.69) is 5.32 Å². The van der Waals surface area contributed by atoms with Gasteiger partial charge in [-0.05, 0) is 49.1 Å². The van der Waals surface area contributed by atoms with Crippen LogP contribution in [0.4, 0.5) is 4.39 Å². The molecule has 23 heavy (non-hydrogen) atoms. The Labute approximate surface area is 138 Å². The first kappa shape index (κ1) is 15.9. The molecule has 1 N–H and O–H groups in total. The van der Waals surface area contributed by atoms with E-state index in [1.54, 1.807) is 12.1 Å². The molecule has 1 aromatic carbocycles. The average Bonchev–Trinajstić information content (AvgIpc) is 3.13. The summed E-state index contributed by atoms with van der Waals surface area (Å²) in [4.78, 5) is 25.9. The summed E-state index contributed by atoms with van der Waals surface area (Å²) in [5.74, 6) is -0.368. The number of benzene rings is 1. The van der Waals surface area contributed by atoms with Crippen molar-refractivity contribution in [2.75, 3.05) is 0 Å². The summed E-state index contributed by atoms with van der Waals surface area (Å²) >= 11 is 1.45. The van der Waals surface area contributed by atoms with Crippen molar-refractivity contribution in [1.29, 1.82) is 0 Å². The molecular weight excluding hydrogens is 313 g/mol. The van der Waals surface area contributed by atoms with Crippen LogP contribution in [0.15, 0.2) is 30.3 Å². The topological polar surface area (TPSA) is 46.2 Å². The van der Waals surface area contributed by atoms with Gasteiger partial charge >= 0.3 is 0 Å². The van der Waals surface area contributed by atoms with E-state index in [1.165, 1.54) is 17.4 Å². The Hall–Kier alpha value is -2.01. The van der Waals surface area contributed by atoms with E-state index in [0.717, 1.165) is 10.4 Å². The number of aryl methyl sites for hydroxylation is 1. The average molecular weight is 331 g/mol. The zero-order valence-electron chi connectivity index (χ0n) is 12.9. The molecule has 0 bridgehead atoms. The number of hydrogen-bond acceptors (Lipinski definition) is 3. The Morgan fingerprint density at radius 3 is 2.83 bits per heavy atom. The van der Waals surface area contributed by atoms with Crippen LogP contribution in [0.1, 0.15) is 51.0 Å². The molecule has 3 nitrogen and oxygen atoms in total. The summed E-state index contributed by atoms with van der Waals surface area (Å²) in [5, 5.41) is 2.92. The molecule has 0 fully saturated rings. The molecule has 1 amide bonds. The number of halogens is 1. The summed E-state index contributed by atoms with van der Waals surface area (Å²) in [6.07, 6.45) is 1.71. The van der Waals surface area contributed by atoms with Gasteiger partial charge in [0.2, 0.25) is 5.91 Å². The zero-order chi connectivity index (χ0) is 16.4. The maximum atomic E-state index is 13.7. The van der Waals surface area contributed by atoms with Crippen LogP contribution in [-0.2, 0) is 11.2 Å². The summed E-state index contributed by atoms with van der Waals surface area (Å²) in [6, 6.07) is 8.53. The van der Waals surface area contributed by atoms with Crippen LogP contribution in [-0.4, -0.2) is 11.7 Å². The van der Waals surface area contributed by atoms with E-state index >= 15 is 0 Å². The van der Waals surface area contributed by atoms with Crippen molar-refractivity contribution in [3.05, 3.63) is 57.0 Å². The monoisotopic (exact) mass is 331 g/mol. The molecule has 5 heteroatoms. The molecule has 0 spiro atoms. The molecule has 0 radical (unpaired) electrons. The number of thiophene rings is 1. The molecule has 0 saturated carbocycles. The second-order valence-corrected chi connectivity index (χ2v) is 7.09. The molecule has 3 rings (SSSR count). The van der Waals surface area contributed by atoms with Gasteiger partial charge in [-0.25, -0.2) is 4.39 Å².